The number of likely N-dealkylation sites (tertiary alicyclic amines) is 1. The summed E-state index contributed by atoms with van der Waals surface area (Å²) < 4.78 is 5.15. The average molecular weight is 235 g/mol. The van der Waals surface area contributed by atoms with E-state index in [0.29, 0.717) is 25.3 Å². The molecule has 0 saturated carbocycles. The average Bonchev–Trinajstić information content (AvgIpc) is 2.82. The molecule has 2 rings (SSSR count). The van der Waals surface area contributed by atoms with Gasteiger partial charge in [-0.3, -0.25) is 9.59 Å². The van der Waals surface area contributed by atoms with Crippen molar-refractivity contribution in [3.8, 4) is 0 Å². The largest absolute Gasteiger partial charge is 0.469 e. The summed E-state index contributed by atoms with van der Waals surface area (Å²) in [5.41, 5.74) is 0. The van der Waals surface area contributed by atoms with Crippen LogP contribution in [-0.4, -0.2) is 29.7 Å². The summed E-state index contributed by atoms with van der Waals surface area (Å²) in [7, 11) is 0. The Kier molecular flexibility index (Phi) is 3.61. The summed E-state index contributed by atoms with van der Waals surface area (Å²) >= 11 is 0. The monoisotopic (exact) mass is 235 g/mol. The number of carbonyl (C=O) groups excluding carboxylic acids is 2. The molecule has 1 aromatic heterocycles. The van der Waals surface area contributed by atoms with Crippen LogP contribution in [0.5, 0.6) is 0 Å². The van der Waals surface area contributed by atoms with Crippen molar-refractivity contribution in [2.45, 2.75) is 26.2 Å². The second kappa shape index (κ2) is 5.17. The maximum absolute atomic E-state index is 11.9. The van der Waals surface area contributed by atoms with Crippen LogP contribution in [-0.2, 0) is 16.0 Å². The van der Waals surface area contributed by atoms with Crippen LogP contribution in [0.15, 0.2) is 22.8 Å². The molecule has 1 aliphatic rings. The zero-order valence-corrected chi connectivity index (χ0v) is 10.0. The summed E-state index contributed by atoms with van der Waals surface area (Å²) in [6.07, 6.45) is 3.47. The lowest BCUT2D eigenvalue weighted by molar-refractivity contribution is -0.134. The molecule has 0 atom stereocenters. The Morgan fingerprint density at radius 2 is 2.12 bits per heavy atom. The summed E-state index contributed by atoms with van der Waals surface area (Å²) in [5, 5.41) is 0. The molecule has 2 heterocycles. The van der Waals surface area contributed by atoms with Gasteiger partial charge in [-0.25, -0.2) is 0 Å². The van der Waals surface area contributed by atoms with Crippen LogP contribution in [0.4, 0.5) is 0 Å². The summed E-state index contributed by atoms with van der Waals surface area (Å²) in [6.45, 7) is 3.00. The molecule has 1 aromatic rings. The van der Waals surface area contributed by atoms with Gasteiger partial charge in [-0.05, 0) is 31.9 Å². The third-order valence-electron chi connectivity index (χ3n) is 3.33. The van der Waals surface area contributed by atoms with Crippen molar-refractivity contribution in [2.24, 2.45) is 5.92 Å². The summed E-state index contributed by atoms with van der Waals surface area (Å²) in [6, 6.07) is 3.59. The van der Waals surface area contributed by atoms with E-state index in [-0.39, 0.29) is 17.6 Å². The van der Waals surface area contributed by atoms with Crippen molar-refractivity contribution >= 4 is 11.7 Å². The van der Waals surface area contributed by atoms with E-state index in [0.717, 1.165) is 12.8 Å². The quantitative estimate of drug-likeness (QED) is 0.800. The number of piperidine rings is 1. The molecular weight excluding hydrogens is 218 g/mol. The van der Waals surface area contributed by atoms with Crippen LogP contribution < -0.4 is 0 Å². The minimum atomic E-state index is 0.0851. The molecule has 0 bridgehead atoms. The molecule has 17 heavy (non-hydrogen) atoms. The third kappa shape index (κ3) is 2.96. The minimum absolute atomic E-state index is 0.0851. The third-order valence-corrected chi connectivity index (χ3v) is 3.33. The highest BCUT2D eigenvalue weighted by Gasteiger charge is 2.25. The number of amides is 1. The van der Waals surface area contributed by atoms with Gasteiger partial charge in [0.05, 0.1) is 12.7 Å². The number of hydrogen-bond acceptors (Lipinski definition) is 3. The fourth-order valence-electron chi connectivity index (χ4n) is 2.21. The van der Waals surface area contributed by atoms with Crippen molar-refractivity contribution in [2.75, 3.05) is 13.1 Å². The maximum Gasteiger partial charge on any atom is 0.230 e. The lowest BCUT2D eigenvalue weighted by atomic mass is 9.93. The second-order valence-electron chi connectivity index (χ2n) is 4.52. The predicted molar refractivity (Wildman–Crippen MR) is 62.4 cm³/mol. The Bertz CT molecular complexity index is 389. The Morgan fingerprint density at radius 1 is 1.41 bits per heavy atom. The van der Waals surface area contributed by atoms with Gasteiger partial charge in [0.15, 0.2) is 0 Å². The molecule has 4 nitrogen and oxygen atoms in total. The number of ketones is 1. The highest BCUT2D eigenvalue weighted by Crippen LogP contribution is 2.18. The van der Waals surface area contributed by atoms with E-state index in [1.807, 2.05) is 4.90 Å². The number of hydrogen-bond donors (Lipinski definition) is 0. The highest BCUT2D eigenvalue weighted by atomic mass is 16.3. The summed E-state index contributed by atoms with van der Waals surface area (Å²) in [4.78, 5) is 25.0. The number of rotatable bonds is 3. The first-order valence-corrected chi connectivity index (χ1v) is 5.97. The van der Waals surface area contributed by atoms with E-state index in [9.17, 15) is 9.59 Å². The van der Waals surface area contributed by atoms with E-state index in [1.165, 1.54) is 0 Å². The molecule has 1 saturated heterocycles. The number of carbonyl (C=O) groups is 2. The number of nitrogens with zero attached hydrogens (tertiary/aromatic N) is 1. The van der Waals surface area contributed by atoms with E-state index in [1.54, 1.807) is 25.3 Å². The SMILES string of the molecule is CC(=O)C1CCN(C(=O)Cc2ccco2)CC1. The molecule has 92 valence electrons. The fourth-order valence-corrected chi connectivity index (χ4v) is 2.21. The van der Waals surface area contributed by atoms with Crippen molar-refractivity contribution in [1.29, 1.82) is 0 Å². The van der Waals surface area contributed by atoms with Crippen LogP contribution >= 0.6 is 0 Å². The number of Topliss-reactive ketones (excluding diaryl/α,β-unsaturated/α-hetero) is 1. The van der Waals surface area contributed by atoms with Gasteiger partial charge in [-0.2, -0.15) is 0 Å². The van der Waals surface area contributed by atoms with Crippen molar-refractivity contribution in [1.82, 2.24) is 4.90 Å². The molecule has 0 aromatic carbocycles. The molecule has 0 aliphatic carbocycles. The molecule has 0 unspecified atom stereocenters. The van der Waals surface area contributed by atoms with Crippen molar-refractivity contribution < 1.29 is 14.0 Å². The molecule has 0 radical (unpaired) electrons. The normalized spacial score (nSPS) is 17.1. The molecule has 0 spiro atoms. The van der Waals surface area contributed by atoms with Gasteiger partial charge in [0.1, 0.15) is 11.5 Å². The topological polar surface area (TPSA) is 50.5 Å². The van der Waals surface area contributed by atoms with Crippen molar-refractivity contribution in [3.63, 3.8) is 0 Å². The van der Waals surface area contributed by atoms with Crippen LogP contribution in [0.1, 0.15) is 25.5 Å². The van der Waals surface area contributed by atoms with E-state index in [4.69, 9.17) is 4.42 Å². The van der Waals surface area contributed by atoms with E-state index in [2.05, 4.69) is 0 Å². The maximum atomic E-state index is 11.9. The lowest BCUT2D eigenvalue weighted by Crippen LogP contribution is -2.40. The Balaban J connectivity index is 1.84. The zero-order valence-electron chi connectivity index (χ0n) is 10.0. The standard InChI is InChI=1S/C13H17NO3/c1-10(15)11-4-6-14(7-5-11)13(16)9-12-3-2-8-17-12/h2-3,8,11H,4-7,9H2,1H3. The van der Waals surface area contributed by atoms with Gasteiger partial charge < -0.3 is 9.32 Å². The summed E-state index contributed by atoms with van der Waals surface area (Å²) in [5.74, 6) is 1.16. The molecule has 1 fully saturated rings. The smallest absolute Gasteiger partial charge is 0.230 e. The van der Waals surface area contributed by atoms with Gasteiger partial charge in [-0.15, -0.1) is 0 Å². The minimum Gasteiger partial charge on any atom is -0.469 e. The van der Waals surface area contributed by atoms with E-state index >= 15 is 0 Å². The molecular formula is C13H17NO3. The molecule has 0 N–H and O–H groups in total. The second-order valence-corrected chi connectivity index (χ2v) is 4.52. The Labute approximate surface area is 101 Å². The Morgan fingerprint density at radius 3 is 2.65 bits per heavy atom. The molecule has 4 heteroatoms. The molecule has 1 amide bonds. The first-order chi connectivity index (χ1) is 8.16. The van der Waals surface area contributed by atoms with Crippen molar-refractivity contribution in [3.05, 3.63) is 24.2 Å². The fraction of sp³-hybridized carbons (Fsp3) is 0.538. The lowest BCUT2D eigenvalue weighted by Gasteiger charge is -2.30. The van der Waals surface area contributed by atoms with Gasteiger partial charge in [-0.1, -0.05) is 0 Å². The van der Waals surface area contributed by atoms with Crippen LogP contribution in [0.2, 0.25) is 0 Å². The Hall–Kier alpha value is -1.58. The molecule has 1 aliphatic heterocycles. The van der Waals surface area contributed by atoms with Gasteiger partial charge in [0.25, 0.3) is 0 Å². The first-order valence-electron chi connectivity index (χ1n) is 5.97. The van der Waals surface area contributed by atoms with Gasteiger partial charge in [0.2, 0.25) is 5.91 Å². The van der Waals surface area contributed by atoms with E-state index < -0.39 is 0 Å². The van der Waals surface area contributed by atoms with Crippen LogP contribution in [0.25, 0.3) is 0 Å². The number of furan rings is 1. The van der Waals surface area contributed by atoms with Gasteiger partial charge in [0, 0.05) is 19.0 Å². The zero-order chi connectivity index (χ0) is 12.3. The highest BCUT2D eigenvalue weighted by molar-refractivity contribution is 5.80. The van der Waals surface area contributed by atoms with Crippen LogP contribution in [0, 0.1) is 5.92 Å². The predicted octanol–water partition coefficient (Wildman–Crippen LogP) is 1.65. The van der Waals surface area contributed by atoms with Crippen LogP contribution in [0.3, 0.4) is 0 Å². The van der Waals surface area contributed by atoms with Gasteiger partial charge >= 0.3 is 0 Å². The first kappa shape index (κ1) is 11.9.